The number of nitrogens with one attached hydrogen (secondary N) is 1. The Morgan fingerprint density at radius 3 is 1.14 bits per heavy atom. The highest BCUT2D eigenvalue weighted by Gasteiger charge is 2.23. The number of aliphatic hydroxyl groups is 1. The maximum atomic E-state index is 13.0. The number of aliphatic hydroxyl groups excluding tert-OH is 1. The van der Waals surface area contributed by atoms with Crippen molar-refractivity contribution in [2.24, 2.45) is 0 Å². The number of hydrogen-bond acceptors (Lipinski definition) is 6. The van der Waals surface area contributed by atoms with Crippen LogP contribution in [-0.2, 0) is 18.4 Å². The van der Waals surface area contributed by atoms with Crippen molar-refractivity contribution in [1.82, 2.24) is 5.32 Å². The van der Waals surface area contributed by atoms with Crippen molar-refractivity contribution in [3.8, 4) is 0 Å². The molecule has 0 heterocycles. The number of likely N-dealkylation sites (N-methyl/N-ethyl adjacent to an activating group) is 1. The Hall–Kier alpha value is -2.84. The van der Waals surface area contributed by atoms with Crippen LogP contribution in [0.25, 0.3) is 0 Å². The molecule has 0 aromatic heterocycles. The Morgan fingerprint density at radius 1 is 0.462 bits per heavy atom. The molecule has 0 aliphatic heterocycles. The van der Waals surface area contributed by atoms with Gasteiger partial charge in [-0.1, -0.05) is 290 Å². The summed E-state index contributed by atoms with van der Waals surface area (Å²) in [6.07, 6.45) is 86.0. The van der Waals surface area contributed by atoms with Gasteiger partial charge < -0.3 is 28.8 Å². The van der Waals surface area contributed by atoms with Gasteiger partial charge in [-0.2, -0.15) is 0 Å². The molecule has 8 nitrogen and oxygen atoms in total. The number of phosphoric acid groups is 1. The molecule has 0 rings (SSSR count). The molecular weight excluding hydrogens is 984 g/mol. The first-order valence-corrected chi connectivity index (χ1v) is 33.7. The molecular formula is C69H123N2O6P. The fourth-order valence-corrected chi connectivity index (χ4v) is 9.72. The van der Waals surface area contributed by atoms with E-state index in [1.807, 2.05) is 27.2 Å². The number of rotatable bonds is 58. The van der Waals surface area contributed by atoms with Crippen LogP contribution in [0.15, 0.2) is 109 Å². The maximum Gasteiger partial charge on any atom is 0.268 e. The third-order valence-electron chi connectivity index (χ3n) is 14.0. The summed E-state index contributed by atoms with van der Waals surface area (Å²) in [6, 6.07) is -0.900. The summed E-state index contributed by atoms with van der Waals surface area (Å²) < 4.78 is 23.4. The van der Waals surface area contributed by atoms with Crippen molar-refractivity contribution >= 4 is 13.7 Å². The second-order valence-electron chi connectivity index (χ2n) is 22.7. The Bertz CT molecular complexity index is 1640. The minimum atomic E-state index is -4.61. The van der Waals surface area contributed by atoms with Crippen LogP contribution in [0.2, 0.25) is 0 Å². The molecule has 0 aromatic rings. The summed E-state index contributed by atoms with van der Waals surface area (Å²) in [6.45, 7) is 4.54. The van der Waals surface area contributed by atoms with E-state index >= 15 is 0 Å². The van der Waals surface area contributed by atoms with Gasteiger partial charge in [0.05, 0.1) is 39.9 Å². The highest BCUT2D eigenvalue weighted by molar-refractivity contribution is 7.45. The molecule has 0 bridgehead atoms. The molecule has 2 N–H and O–H groups in total. The van der Waals surface area contributed by atoms with Gasteiger partial charge in [0.1, 0.15) is 13.2 Å². The minimum Gasteiger partial charge on any atom is -0.756 e. The van der Waals surface area contributed by atoms with Crippen LogP contribution in [0.4, 0.5) is 0 Å². The molecule has 1 amide bonds. The van der Waals surface area contributed by atoms with E-state index in [-0.39, 0.29) is 19.1 Å². The first-order chi connectivity index (χ1) is 38.0. The van der Waals surface area contributed by atoms with Gasteiger partial charge in [-0.05, 0) is 83.5 Å². The Morgan fingerprint density at radius 2 is 0.782 bits per heavy atom. The molecule has 0 aliphatic rings. The molecule has 3 atom stereocenters. The zero-order valence-electron chi connectivity index (χ0n) is 51.3. The molecule has 9 heteroatoms. The van der Waals surface area contributed by atoms with Crippen molar-refractivity contribution < 1.29 is 32.9 Å². The Labute approximate surface area is 482 Å². The van der Waals surface area contributed by atoms with Crippen molar-refractivity contribution in [2.45, 2.75) is 283 Å². The number of unbranched alkanes of at least 4 members (excludes halogenated alkanes) is 29. The molecule has 450 valence electrons. The summed E-state index contributed by atoms with van der Waals surface area (Å²) in [5.74, 6) is -0.208. The maximum absolute atomic E-state index is 13.0. The summed E-state index contributed by atoms with van der Waals surface area (Å²) in [5, 5.41) is 13.9. The molecule has 0 saturated heterocycles. The highest BCUT2D eigenvalue weighted by Crippen LogP contribution is 2.38. The Kier molecular flexibility index (Phi) is 56.7. The van der Waals surface area contributed by atoms with E-state index in [9.17, 15) is 19.4 Å². The fraction of sp³-hybridized carbons (Fsp3) is 0.725. The van der Waals surface area contributed by atoms with Crippen molar-refractivity contribution in [3.05, 3.63) is 109 Å². The molecule has 3 unspecified atom stereocenters. The zero-order chi connectivity index (χ0) is 57.0. The van der Waals surface area contributed by atoms with E-state index in [1.165, 1.54) is 148 Å². The van der Waals surface area contributed by atoms with Gasteiger partial charge in [0.25, 0.3) is 7.82 Å². The van der Waals surface area contributed by atoms with Gasteiger partial charge in [-0.25, -0.2) is 0 Å². The number of quaternary nitrogens is 1. The number of phosphoric ester groups is 1. The lowest BCUT2D eigenvalue weighted by Crippen LogP contribution is -2.45. The second kappa shape index (κ2) is 58.8. The first kappa shape index (κ1) is 75.2. The lowest BCUT2D eigenvalue weighted by molar-refractivity contribution is -0.870. The number of hydrogen-bond donors (Lipinski definition) is 2. The van der Waals surface area contributed by atoms with Gasteiger partial charge >= 0.3 is 0 Å². The summed E-state index contributed by atoms with van der Waals surface area (Å²) in [4.78, 5) is 25.6. The van der Waals surface area contributed by atoms with Crippen LogP contribution < -0.4 is 10.2 Å². The second-order valence-corrected chi connectivity index (χ2v) is 24.1. The average molecular weight is 1110 g/mol. The number of carbonyl (C=O) groups is 1. The van der Waals surface area contributed by atoms with E-state index in [4.69, 9.17) is 9.05 Å². The van der Waals surface area contributed by atoms with E-state index in [1.54, 1.807) is 6.08 Å². The number of amides is 1. The topological polar surface area (TPSA) is 108 Å². The lowest BCUT2D eigenvalue weighted by Gasteiger charge is -2.29. The summed E-state index contributed by atoms with van der Waals surface area (Å²) >= 11 is 0. The van der Waals surface area contributed by atoms with Crippen LogP contribution >= 0.6 is 7.82 Å². The minimum absolute atomic E-state index is 0.00758. The smallest absolute Gasteiger partial charge is 0.268 e. The van der Waals surface area contributed by atoms with Gasteiger partial charge in [0, 0.05) is 6.42 Å². The van der Waals surface area contributed by atoms with Crippen LogP contribution in [0.1, 0.15) is 271 Å². The van der Waals surface area contributed by atoms with E-state index < -0.39 is 20.0 Å². The highest BCUT2D eigenvalue weighted by atomic mass is 31.2. The number of carbonyl (C=O) groups excluding carboxylic acids is 1. The predicted octanol–water partition coefficient (Wildman–Crippen LogP) is 19.7. The van der Waals surface area contributed by atoms with Crippen LogP contribution in [0.3, 0.4) is 0 Å². The molecule has 0 fully saturated rings. The lowest BCUT2D eigenvalue weighted by atomic mass is 10.0. The molecule has 0 aromatic carbocycles. The first-order valence-electron chi connectivity index (χ1n) is 32.2. The van der Waals surface area contributed by atoms with E-state index in [2.05, 4.69) is 116 Å². The fourth-order valence-electron chi connectivity index (χ4n) is 8.99. The van der Waals surface area contributed by atoms with Crippen LogP contribution in [0, 0.1) is 0 Å². The molecule has 78 heavy (non-hydrogen) atoms. The van der Waals surface area contributed by atoms with Crippen molar-refractivity contribution in [3.63, 3.8) is 0 Å². The average Bonchev–Trinajstić information content (AvgIpc) is 3.41. The van der Waals surface area contributed by atoms with Crippen molar-refractivity contribution in [2.75, 3.05) is 40.9 Å². The zero-order valence-corrected chi connectivity index (χ0v) is 52.2. The third-order valence-corrected chi connectivity index (χ3v) is 15.0. The normalized spacial score (nSPS) is 14.5. The van der Waals surface area contributed by atoms with Gasteiger partial charge in [-0.3, -0.25) is 9.36 Å². The van der Waals surface area contributed by atoms with Crippen LogP contribution in [-0.4, -0.2) is 68.5 Å². The predicted molar refractivity (Wildman–Crippen MR) is 339 cm³/mol. The Balaban J connectivity index is 4.20. The summed E-state index contributed by atoms with van der Waals surface area (Å²) in [5.41, 5.74) is 0. The summed E-state index contributed by atoms with van der Waals surface area (Å²) in [7, 11) is 1.25. The van der Waals surface area contributed by atoms with Gasteiger partial charge in [-0.15, -0.1) is 0 Å². The van der Waals surface area contributed by atoms with Crippen LogP contribution in [0.5, 0.6) is 0 Å². The van der Waals surface area contributed by atoms with Gasteiger partial charge in [0.2, 0.25) is 5.91 Å². The monoisotopic (exact) mass is 1110 g/mol. The van der Waals surface area contributed by atoms with Gasteiger partial charge in [0.15, 0.2) is 0 Å². The standard InChI is InChI=1S/C69H123N2O6P/c1-6-8-10-12-14-16-18-20-22-24-26-28-30-31-32-33-34-35-36-37-38-39-41-43-45-47-49-51-53-55-57-59-61-63-69(73)70-67(66-77-78(74,75)76-65-64-71(3,4)5)68(72)62-60-58-56-54-52-50-48-46-44-42-40-29-27-25-23-21-19-17-15-13-11-9-7-2/h8,10,14,16,20,22,26,28,31-32,34-35,37-38,41,43,60,62,67-68,72H,6-7,9,11-13,15,17-19,21,23-25,27,29-30,33,36,39-40,42,44-59,61,63-66H2,1-5H3,(H-,70,73,74,75)/b10-8-,16-14-,22-20-,28-26-,32-31-,35-34-,38-37-,43-41-,62-60+. The quantitative estimate of drug-likeness (QED) is 0.0272. The van der Waals surface area contributed by atoms with E-state index in [0.717, 1.165) is 103 Å². The number of nitrogens with zero attached hydrogens (tertiary/aromatic N) is 1. The van der Waals surface area contributed by atoms with E-state index in [0.29, 0.717) is 17.4 Å². The SMILES string of the molecule is CC/C=C\C/C=C\C/C=C\C/C=C\C/C=C\C/C=C\C/C=C\C/C=C\CCCCCCCCCCC(=O)NC(COP(=O)([O-])OCC[N+](C)(C)C)C(O)/C=C/CCCCCCCCCCCCCCCCCCCCCCC. The third kappa shape index (κ3) is 60.8. The van der Waals surface area contributed by atoms with Crippen molar-refractivity contribution in [1.29, 1.82) is 0 Å². The molecule has 0 radical (unpaired) electrons. The largest absolute Gasteiger partial charge is 0.756 e. The molecule has 0 spiro atoms. The molecule has 0 aliphatic carbocycles. The number of allylic oxidation sites excluding steroid dienone is 17. The molecule has 0 saturated carbocycles.